The second-order valence-corrected chi connectivity index (χ2v) is 9.08. The maximum atomic E-state index is 13.0. The van der Waals surface area contributed by atoms with E-state index in [4.69, 9.17) is 5.73 Å². The molecule has 1 amide bonds. The van der Waals surface area contributed by atoms with Crippen molar-refractivity contribution in [3.05, 3.63) is 59.2 Å². The molecule has 1 atom stereocenters. The first-order valence-electron chi connectivity index (χ1n) is 10.3. The third-order valence-corrected chi connectivity index (χ3v) is 7.47. The van der Waals surface area contributed by atoms with Gasteiger partial charge in [-0.1, -0.05) is 77.7 Å². The Hall–Kier alpha value is -2.14. The predicted molar refractivity (Wildman–Crippen MR) is 117 cm³/mol. The lowest BCUT2D eigenvalue weighted by Crippen LogP contribution is -2.43. The molecule has 0 saturated heterocycles. The molecular weight excluding hydrogens is 430 g/mol. The minimum Gasteiger partial charge on any atom is -0.480 e. The average Bonchev–Trinajstić information content (AvgIpc) is 3.32. The van der Waals surface area contributed by atoms with Crippen LogP contribution in [0.25, 0.3) is 11.1 Å². The number of alkyl halides is 1. The molecule has 0 radical (unpaired) electrons. The molecule has 5 heteroatoms. The number of amides is 1. The lowest BCUT2D eigenvalue weighted by molar-refractivity contribution is -0.142. The molecule has 0 heterocycles. The number of carbonyl (C=O) groups excluding carboxylic acids is 1. The third-order valence-electron chi connectivity index (χ3n) is 6.91. The zero-order chi connectivity index (χ0) is 20.6. The van der Waals surface area contributed by atoms with Gasteiger partial charge in [-0.15, -0.1) is 0 Å². The summed E-state index contributed by atoms with van der Waals surface area (Å²) in [5.74, 6) is -1.18. The van der Waals surface area contributed by atoms with Gasteiger partial charge in [0.1, 0.15) is 5.41 Å². The summed E-state index contributed by atoms with van der Waals surface area (Å²) in [6, 6.07) is 13.7. The Morgan fingerprint density at radius 1 is 0.966 bits per heavy atom. The Bertz CT molecular complexity index is 964. The van der Waals surface area contributed by atoms with Gasteiger partial charge in [-0.25, -0.2) is 0 Å². The summed E-state index contributed by atoms with van der Waals surface area (Å²) in [5, 5.41) is 11.5. The van der Waals surface area contributed by atoms with Crippen molar-refractivity contribution in [2.45, 2.75) is 55.8 Å². The summed E-state index contributed by atoms with van der Waals surface area (Å²) < 4.78 is 0. The molecule has 2 aliphatic rings. The van der Waals surface area contributed by atoms with Crippen LogP contribution in [0.15, 0.2) is 42.5 Å². The number of nitrogens with two attached hydrogens (primary N) is 1. The maximum absolute atomic E-state index is 13.0. The summed E-state index contributed by atoms with van der Waals surface area (Å²) in [7, 11) is 0. The highest BCUT2D eigenvalue weighted by molar-refractivity contribution is 9.09. The van der Waals surface area contributed by atoms with Crippen LogP contribution in [-0.4, -0.2) is 22.3 Å². The molecule has 4 rings (SSSR count). The van der Waals surface area contributed by atoms with E-state index in [0.29, 0.717) is 19.3 Å². The van der Waals surface area contributed by atoms with E-state index in [2.05, 4.69) is 15.9 Å². The van der Waals surface area contributed by atoms with Crippen LogP contribution in [0.4, 0.5) is 0 Å². The van der Waals surface area contributed by atoms with Gasteiger partial charge < -0.3 is 10.8 Å². The van der Waals surface area contributed by atoms with Crippen molar-refractivity contribution in [3.63, 3.8) is 0 Å². The fourth-order valence-corrected chi connectivity index (χ4v) is 5.96. The van der Waals surface area contributed by atoms with Crippen molar-refractivity contribution in [2.75, 3.05) is 5.33 Å². The zero-order valence-corrected chi connectivity index (χ0v) is 18.0. The number of hydrogen-bond acceptors (Lipinski definition) is 2. The van der Waals surface area contributed by atoms with E-state index >= 15 is 0 Å². The van der Waals surface area contributed by atoms with Crippen LogP contribution in [0.2, 0.25) is 0 Å². The molecule has 0 aliphatic heterocycles. The smallest absolute Gasteiger partial charge is 0.318 e. The number of rotatable bonds is 7. The number of fused-ring (bicyclic) bond motifs is 3. The van der Waals surface area contributed by atoms with Gasteiger partial charge in [0.2, 0.25) is 5.91 Å². The fourth-order valence-electron chi connectivity index (χ4n) is 5.56. The maximum Gasteiger partial charge on any atom is 0.318 e. The van der Waals surface area contributed by atoms with E-state index in [1.54, 1.807) is 0 Å². The van der Waals surface area contributed by atoms with E-state index in [1.807, 2.05) is 42.5 Å². The van der Waals surface area contributed by atoms with Crippen molar-refractivity contribution < 1.29 is 14.7 Å². The van der Waals surface area contributed by atoms with Gasteiger partial charge in [0.15, 0.2) is 0 Å². The number of benzene rings is 2. The van der Waals surface area contributed by atoms with Crippen LogP contribution >= 0.6 is 15.9 Å². The number of primary amides is 1. The van der Waals surface area contributed by atoms with Crippen LogP contribution in [0.3, 0.4) is 0 Å². The first-order chi connectivity index (χ1) is 14.0. The molecule has 2 aliphatic carbocycles. The second-order valence-electron chi connectivity index (χ2n) is 8.28. The molecule has 3 N–H and O–H groups in total. The lowest BCUT2D eigenvalue weighted by Gasteiger charge is -2.35. The van der Waals surface area contributed by atoms with Gasteiger partial charge in [-0.3, -0.25) is 9.59 Å². The first kappa shape index (κ1) is 20.1. The number of halogens is 1. The number of carbonyl (C=O) groups is 2. The standard InChI is InChI=1S/C24H26BrNO3/c25-15-6-5-14-24(22(28)29)18-10-2-1-8-16(18)17-9-7-11-19(20(17)24)23(21(26)27)12-3-4-13-23/h1-2,7-11H,3-6,12-15H2,(H2,26,27)(H,28,29). The number of unbranched alkanes of at least 4 members (excludes halogenated alkanes) is 1. The van der Waals surface area contributed by atoms with Gasteiger partial charge in [0.05, 0.1) is 5.41 Å². The summed E-state index contributed by atoms with van der Waals surface area (Å²) in [4.78, 5) is 25.7. The Balaban J connectivity index is 2.03. The van der Waals surface area contributed by atoms with E-state index in [-0.39, 0.29) is 5.91 Å². The average molecular weight is 456 g/mol. The molecule has 0 spiro atoms. The number of aliphatic carboxylic acids is 1. The summed E-state index contributed by atoms with van der Waals surface area (Å²) in [6.07, 6.45) is 5.42. The molecule has 0 bridgehead atoms. The zero-order valence-electron chi connectivity index (χ0n) is 16.4. The summed E-state index contributed by atoms with van der Waals surface area (Å²) >= 11 is 3.46. The Morgan fingerprint density at radius 2 is 1.62 bits per heavy atom. The van der Waals surface area contributed by atoms with Gasteiger partial charge in [-0.05, 0) is 53.5 Å². The summed E-state index contributed by atoms with van der Waals surface area (Å²) in [5.41, 5.74) is 8.40. The largest absolute Gasteiger partial charge is 0.480 e. The van der Waals surface area contributed by atoms with Crippen molar-refractivity contribution in [3.8, 4) is 11.1 Å². The quantitative estimate of drug-likeness (QED) is 0.460. The first-order valence-corrected chi connectivity index (χ1v) is 11.4. The van der Waals surface area contributed by atoms with Crippen LogP contribution in [0, 0.1) is 0 Å². The van der Waals surface area contributed by atoms with Crippen molar-refractivity contribution >= 4 is 27.8 Å². The van der Waals surface area contributed by atoms with Crippen LogP contribution in [0.5, 0.6) is 0 Å². The minimum atomic E-state index is -1.14. The second kappa shape index (κ2) is 7.60. The third kappa shape index (κ3) is 2.85. The number of hydrogen-bond donors (Lipinski definition) is 2. The Labute approximate surface area is 179 Å². The highest BCUT2D eigenvalue weighted by Gasteiger charge is 2.54. The van der Waals surface area contributed by atoms with E-state index in [9.17, 15) is 14.7 Å². The fraction of sp³-hybridized carbons (Fsp3) is 0.417. The molecule has 1 unspecified atom stereocenters. The predicted octanol–water partition coefficient (Wildman–Crippen LogP) is 4.90. The molecule has 1 saturated carbocycles. The minimum absolute atomic E-state index is 0.334. The normalized spacial score (nSPS) is 21.6. The van der Waals surface area contributed by atoms with Crippen molar-refractivity contribution in [1.82, 2.24) is 0 Å². The van der Waals surface area contributed by atoms with E-state index < -0.39 is 16.8 Å². The number of carboxylic acids is 1. The molecule has 0 aromatic heterocycles. The van der Waals surface area contributed by atoms with Crippen molar-refractivity contribution in [2.24, 2.45) is 5.73 Å². The van der Waals surface area contributed by atoms with E-state index in [0.717, 1.165) is 58.8 Å². The SMILES string of the molecule is NC(=O)C1(c2cccc3c2C(CCCCBr)(C(=O)O)c2ccccc2-3)CCCC1. The van der Waals surface area contributed by atoms with Crippen LogP contribution < -0.4 is 5.73 Å². The molecule has 152 valence electrons. The Kier molecular flexibility index (Phi) is 5.28. The molecule has 1 fully saturated rings. The highest BCUT2D eigenvalue weighted by atomic mass is 79.9. The molecule has 2 aromatic rings. The van der Waals surface area contributed by atoms with Crippen LogP contribution in [-0.2, 0) is 20.4 Å². The molecular formula is C24H26BrNO3. The Morgan fingerprint density at radius 3 is 2.28 bits per heavy atom. The topological polar surface area (TPSA) is 80.4 Å². The highest BCUT2D eigenvalue weighted by Crippen LogP contribution is 2.56. The molecule has 4 nitrogen and oxygen atoms in total. The van der Waals surface area contributed by atoms with Gasteiger partial charge in [0, 0.05) is 5.33 Å². The van der Waals surface area contributed by atoms with Gasteiger partial charge >= 0.3 is 5.97 Å². The number of carboxylic acid groups (broad SMARTS) is 1. The molecule has 2 aromatic carbocycles. The van der Waals surface area contributed by atoms with E-state index in [1.165, 1.54) is 0 Å². The monoisotopic (exact) mass is 455 g/mol. The van der Waals surface area contributed by atoms with Crippen LogP contribution in [0.1, 0.15) is 61.6 Å². The lowest BCUT2D eigenvalue weighted by atomic mass is 9.67. The summed E-state index contributed by atoms with van der Waals surface area (Å²) in [6.45, 7) is 0. The van der Waals surface area contributed by atoms with Gasteiger partial charge in [-0.2, -0.15) is 0 Å². The van der Waals surface area contributed by atoms with Crippen molar-refractivity contribution in [1.29, 1.82) is 0 Å². The molecule has 29 heavy (non-hydrogen) atoms. The van der Waals surface area contributed by atoms with Gasteiger partial charge in [0.25, 0.3) is 0 Å².